The van der Waals surface area contributed by atoms with E-state index in [1.807, 2.05) is 0 Å². The van der Waals surface area contributed by atoms with Crippen molar-refractivity contribution in [2.24, 2.45) is 0 Å². The number of carbonyl (C=O) groups is 2. The van der Waals surface area contributed by atoms with Gasteiger partial charge in [0.15, 0.2) is 0 Å². The van der Waals surface area contributed by atoms with E-state index in [0.29, 0.717) is 33.5 Å². The lowest BCUT2D eigenvalue weighted by Crippen LogP contribution is -2.46. The first kappa shape index (κ1) is 19.6. The van der Waals surface area contributed by atoms with Gasteiger partial charge in [0.1, 0.15) is 17.6 Å². The van der Waals surface area contributed by atoms with E-state index in [-0.39, 0.29) is 11.8 Å². The molecule has 0 bridgehead atoms. The molecular weight excluding hydrogens is 391 g/mol. The normalized spacial score (nSPS) is 17.6. The minimum atomic E-state index is -0.555. The monoisotopic (exact) mass is 410 g/mol. The van der Waals surface area contributed by atoms with Crippen LogP contribution in [-0.2, 0) is 4.79 Å². The van der Waals surface area contributed by atoms with Gasteiger partial charge in [-0.2, -0.15) is 0 Å². The molecule has 0 aliphatic carbocycles. The van der Waals surface area contributed by atoms with Gasteiger partial charge in [-0.15, -0.1) is 11.3 Å². The Hall–Kier alpha value is -2.12. The van der Waals surface area contributed by atoms with Gasteiger partial charge in [0.05, 0.1) is 22.4 Å². The van der Waals surface area contributed by atoms with Crippen molar-refractivity contribution in [2.75, 3.05) is 13.7 Å². The van der Waals surface area contributed by atoms with Gasteiger partial charge in [-0.1, -0.05) is 11.6 Å². The molecule has 5 nitrogen and oxygen atoms in total. The molecule has 1 aromatic heterocycles. The standard InChI is InChI=1S/C19H20ClFN2O3S/c1-11(13-10-12(21)5-6-15(13)26-2)22-18(24)14-4-3-9-23(14)19(25)16-7-8-17(20)27-16/h5-8,10-11,14H,3-4,9H2,1-2H3,(H,22,24)/t11-,14-/m1/s1. The molecule has 0 unspecified atom stereocenters. The summed E-state index contributed by atoms with van der Waals surface area (Å²) in [6.07, 6.45) is 1.34. The summed E-state index contributed by atoms with van der Waals surface area (Å²) in [5.74, 6) is -0.362. The van der Waals surface area contributed by atoms with Gasteiger partial charge >= 0.3 is 0 Å². The van der Waals surface area contributed by atoms with Crippen molar-refractivity contribution in [3.8, 4) is 5.75 Å². The van der Waals surface area contributed by atoms with Crippen molar-refractivity contribution in [3.05, 3.63) is 50.9 Å². The SMILES string of the molecule is COc1ccc(F)cc1[C@@H](C)NC(=O)[C@H]1CCCN1C(=O)c1ccc(Cl)s1. The van der Waals surface area contributed by atoms with Crippen molar-refractivity contribution in [1.82, 2.24) is 10.2 Å². The molecule has 0 saturated carbocycles. The lowest BCUT2D eigenvalue weighted by Gasteiger charge is -2.25. The Morgan fingerprint density at radius 1 is 1.37 bits per heavy atom. The fourth-order valence-corrected chi connectivity index (χ4v) is 4.28. The number of nitrogens with one attached hydrogen (secondary N) is 1. The summed E-state index contributed by atoms with van der Waals surface area (Å²) in [5.41, 5.74) is 0.548. The van der Waals surface area contributed by atoms with Gasteiger partial charge in [-0.05, 0) is 50.1 Å². The molecule has 0 radical (unpaired) electrons. The fourth-order valence-electron chi connectivity index (χ4n) is 3.28. The summed E-state index contributed by atoms with van der Waals surface area (Å²) in [5, 5.41) is 2.88. The highest BCUT2D eigenvalue weighted by atomic mass is 35.5. The van der Waals surface area contributed by atoms with E-state index in [2.05, 4.69) is 5.32 Å². The summed E-state index contributed by atoms with van der Waals surface area (Å²) in [6.45, 7) is 2.28. The highest BCUT2D eigenvalue weighted by Crippen LogP contribution is 2.29. The second-order valence-corrected chi connectivity index (χ2v) is 8.09. The van der Waals surface area contributed by atoms with Crippen LogP contribution >= 0.6 is 22.9 Å². The largest absolute Gasteiger partial charge is 0.496 e. The number of carbonyl (C=O) groups excluding carboxylic acids is 2. The molecule has 3 rings (SSSR count). The zero-order chi connectivity index (χ0) is 19.6. The third-order valence-electron chi connectivity index (χ3n) is 4.62. The van der Waals surface area contributed by atoms with Crippen LogP contribution in [0.3, 0.4) is 0 Å². The van der Waals surface area contributed by atoms with Crippen molar-refractivity contribution < 1.29 is 18.7 Å². The molecule has 2 amide bonds. The number of ether oxygens (including phenoxy) is 1. The number of thiophene rings is 1. The molecule has 1 aliphatic heterocycles. The van der Waals surface area contributed by atoms with E-state index in [1.165, 1.54) is 36.6 Å². The lowest BCUT2D eigenvalue weighted by atomic mass is 10.1. The summed E-state index contributed by atoms with van der Waals surface area (Å²) in [4.78, 5) is 27.6. The van der Waals surface area contributed by atoms with Crippen molar-refractivity contribution in [2.45, 2.75) is 31.8 Å². The second-order valence-electron chi connectivity index (χ2n) is 6.38. The Balaban J connectivity index is 1.73. The van der Waals surface area contributed by atoms with Crippen LogP contribution in [0.5, 0.6) is 5.75 Å². The van der Waals surface area contributed by atoms with Crippen LogP contribution in [0.15, 0.2) is 30.3 Å². The molecule has 0 spiro atoms. The minimum absolute atomic E-state index is 0.194. The fraction of sp³-hybridized carbons (Fsp3) is 0.368. The first-order chi connectivity index (χ1) is 12.9. The van der Waals surface area contributed by atoms with Crippen LogP contribution in [0.4, 0.5) is 4.39 Å². The predicted molar refractivity (Wildman–Crippen MR) is 103 cm³/mol. The van der Waals surface area contributed by atoms with E-state index in [1.54, 1.807) is 24.0 Å². The Bertz CT molecular complexity index is 857. The van der Waals surface area contributed by atoms with Gasteiger partial charge in [0, 0.05) is 12.1 Å². The Morgan fingerprint density at radius 2 is 2.15 bits per heavy atom. The number of methoxy groups -OCH3 is 1. The van der Waals surface area contributed by atoms with Gasteiger partial charge in [-0.3, -0.25) is 9.59 Å². The zero-order valence-electron chi connectivity index (χ0n) is 15.0. The van der Waals surface area contributed by atoms with Crippen LogP contribution in [0.1, 0.15) is 41.0 Å². The van der Waals surface area contributed by atoms with Crippen LogP contribution in [-0.4, -0.2) is 36.4 Å². The number of nitrogens with zero attached hydrogens (tertiary/aromatic N) is 1. The lowest BCUT2D eigenvalue weighted by molar-refractivity contribution is -0.125. The molecule has 1 saturated heterocycles. The number of hydrogen-bond donors (Lipinski definition) is 1. The third-order valence-corrected chi connectivity index (χ3v) is 5.84. The van der Waals surface area contributed by atoms with Crippen molar-refractivity contribution in [3.63, 3.8) is 0 Å². The number of amides is 2. The van der Waals surface area contributed by atoms with Crippen LogP contribution in [0, 0.1) is 5.82 Å². The van der Waals surface area contributed by atoms with Crippen LogP contribution < -0.4 is 10.1 Å². The Morgan fingerprint density at radius 3 is 2.81 bits per heavy atom. The smallest absolute Gasteiger partial charge is 0.264 e. The van der Waals surface area contributed by atoms with Crippen molar-refractivity contribution in [1.29, 1.82) is 0 Å². The Labute approximate surface area is 166 Å². The van der Waals surface area contributed by atoms with Gasteiger partial charge in [0.2, 0.25) is 5.91 Å². The number of likely N-dealkylation sites (tertiary alicyclic amines) is 1. The van der Waals surface area contributed by atoms with Crippen LogP contribution in [0.25, 0.3) is 0 Å². The van der Waals surface area contributed by atoms with Gasteiger partial charge in [0.25, 0.3) is 5.91 Å². The maximum absolute atomic E-state index is 13.6. The topological polar surface area (TPSA) is 58.6 Å². The molecule has 2 atom stereocenters. The molecule has 1 aliphatic rings. The molecular formula is C19H20ClFN2O3S. The second kappa shape index (κ2) is 8.27. The number of hydrogen-bond acceptors (Lipinski definition) is 4. The first-order valence-electron chi connectivity index (χ1n) is 8.61. The molecule has 1 N–H and O–H groups in total. The molecule has 2 heterocycles. The summed E-state index contributed by atoms with van der Waals surface area (Å²) in [7, 11) is 1.49. The predicted octanol–water partition coefficient (Wildman–Crippen LogP) is 4.03. The molecule has 1 fully saturated rings. The van der Waals surface area contributed by atoms with Gasteiger partial charge < -0.3 is 15.0 Å². The maximum Gasteiger partial charge on any atom is 0.264 e. The number of rotatable bonds is 5. The van der Waals surface area contributed by atoms with Crippen LogP contribution in [0.2, 0.25) is 4.34 Å². The van der Waals surface area contributed by atoms with E-state index in [4.69, 9.17) is 16.3 Å². The molecule has 27 heavy (non-hydrogen) atoms. The average molecular weight is 411 g/mol. The average Bonchev–Trinajstić information content (AvgIpc) is 3.30. The van der Waals surface area contributed by atoms with E-state index in [9.17, 15) is 14.0 Å². The summed E-state index contributed by atoms with van der Waals surface area (Å²) < 4.78 is 19.4. The number of halogens is 2. The highest BCUT2D eigenvalue weighted by Gasteiger charge is 2.35. The summed E-state index contributed by atoms with van der Waals surface area (Å²) >= 11 is 7.11. The van der Waals surface area contributed by atoms with E-state index in [0.717, 1.165) is 6.42 Å². The minimum Gasteiger partial charge on any atom is -0.496 e. The maximum atomic E-state index is 13.6. The van der Waals surface area contributed by atoms with Crippen molar-refractivity contribution >= 4 is 34.8 Å². The summed E-state index contributed by atoms with van der Waals surface area (Å²) in [6, 6.07) is 6.50. The zero-order valence-corrected chi connectivity index (χ0v) is 16.6. The molecule has 8 heteroatoms. The molecule has 1 aromatic carbocycles. The van der Waals surface area contributed by atoms with E-state index >= 15 is 0 Å². The molecule has 2 aromatic rings. The molecule has 144 valence electrons. The Kier molecular flexibility index (Phi) is 6.01. The third kappa shape index (κ3) is 4.25. The van der Waals surface area contributed by atoms with E-state index < -0.39 is 17.9 Å². The highest BCUT2D eigenvalue weighted by molar-refractivity contribution is 7.17. The first-order valence-corrected chi connectivity index (χ1v) is 9.80. The van der Waals surface area contributed by atoms with Gasteiger partial charge in [-0.25, -0.2) is 4.39 Å². The number of benzene rings is 1. The quantitative estimate of drug-likeness (QED) is 0.809.